The first-order valence-corrected chi connectivity index (χ1v) is 12.5. The zero-order valence-corrected chi connectivity index (χ0v) is 21.1. The molecule has 0 aliphatic carbocycles. The standard InChI is InChI=1S/C30H32N4O2/c1-30(2,3)32-27(35)20-34-28(22-10-5-4-6-11-22)31-26-14-13-24(18-25(26)29(34)36)23-12-7-9-21(17-23)19-33-15-8-16-33/h4-7,9-14,17-18H,8,15-16,19-20H2,1-3H3,(H,32,35). The van der Waals surface area contributed by atoms with Crippen molar-refractivity contribution in [2.75, 3.05) is 13.1 Å². The molecule has 5 rings (SSSR count). The Bertz CT molecular complexity index is 1460. The molecule has 6 heteroatoms. The van der Waals surface area contributed by atoms with Crippen LogP contribution in [0.5, 0.6) is 0 Å². The Morgan fingerprint density at radius 2 is 1.64 bits per heavy atom. The van der Waals surface area contributed by atoms with Crippen LogP contribution < -0.4 is 10.9 Å². The number of aromatic nitrogens is 2. The molecule has 3 aromatic carbocycles. The summed E-state index contributed by atoms with van der Waals surface area (Å²) in [7, 11) is 0. The number of fused-ring (bicyclic) bond motifs is 1. The van der Waals surface area contributed by atoms with Crippen molar-refractivity contribution >= 4 is 16.8 Å². The van der Waals surface area contributed by atoms with Gasteiger partial charge in [0.05, 0.1) is 10.9 Å². The lowest BCUT2D eigenvalue weighted by Crippen LogP contribution is -2.43. The fourth-order valence-corrected chi connectivity index (χ4v) is 4.60. The first-order chi connectivity index (χ1) is 17.3. The number of nitrogens with zero attached hydrogens (tertiary/aromatic N) is 3. The van der Waals surface area contributed by atoms with Crippen molar-refractivity contribution in [3.8, 4) is 22.5 Å². The highest BCUT2D eigenvalue weighted by Crippen LogP contribution is 2.26. The normalized spacial score (nSPS) is 14.0. The van der Waals surface area contributed by atoms with Gasteiger partial charge in [0.25, 0.3) is 5.56 Å². The summed E-state index contributed by atoms with van der Waals surface area (Å²) in [5.41, 5.74) is 4.09. The van der Waals surface area contributed by atoms with E-state index >= 15 is 0 Å². The first kappa shape index (κ1) is 23.9. The van der Waals surface area contributed by atoms with Gasteiger partial charge in [-0.15, -0.1) is 0 Å². The van der Waals surface area contributed by atoms with E-state index in [0.29, 0.717) is 16.7 Å². The number of likely N-dealkylation sites (tertiary alicyclic amines) is 1. The summed E-state index contributed by atoms with van der Waals surface area (Å²) < 4.78 is 1.49. The molecule has 1 N–H and O–H groups in total. The molecule has 184 valence electrons. The zero-order valence-electron chi connectivity index (χ0n) is 21.1. The molecule has 2 heterocycles. The van der Waals surface area contributed by atoms with Crippen LogP contribution in [0.4, 0.5) is 0 Å². The van der Waals surface area contributed by atoms with E-state index in [0.717, 1.165) is 36.3 Å². The molecule has 0 bridgehead atoms. The molecule has 4 aromatic rings. The smallest absolute Gasteiger partial charge is 0.262 e. The Morgan fingerprint density at radius 1 is 0.917 bits per heavy atom. The van der Waals surface area contributed by atoms with Gasteiger partial charge in [-0.25, -0.2) is 4.98 Å². The molecule has 0 unspecified atom stereocenters. The Labute approximate surface area is 211 Å². The van der Waals surface area contributed by atoms with Crippen molar-refractivity contribution in [3.63, 3.8) is 0 Å². The van der Waals surface area contributed by atoms with Crippen molar-refractivity contribution in [1.82, 2.24) is 19.8 Å². The molecule has 1 saturated heterocycles. The second kappa shape index (κ2) is 9.70. The molecule has 1 aliphatic rings. The molecular weight excluding hydrogens is 448 g/mol. The Morgan fingerprint density at radius 3 is 2.33 bits per heavy atom. The quantitative estimate of drug-likeness (QED) is 0.428. The summed E-state index contributed by atoms with van der Waals surface area (Å²) >= 11 is 0. The van der Waals surface area contributed by atoms with Crippen molar-refractivity contribution in [1.29, 1.82) is 0 Å². The molecule has 1 amide bonds. The van der Waals surface area contributed by atoms with E-state index in [1.165, 1.54) is 16.6 Å². The van der Waals surface area contributed by atoms with E-state index in [-0.39, 0.29) is 18.0 Å². The molecule has 1 aliphatic heterocycles. The summed E-state index contributed by atoms with van der Waals surface area (Å²) in [6.45, 7) is 8.92. The van der Waals surface area contributed by atoms with Gasteiger partial charge in [-0.3, -0.25) is 19.1 Å². The Hall–Kier alpha value is -3.77. The van der Waals surface area contributed by atoms with Crippen LogP contribution in [0.1, 0.15) is 32.8 Å². The number of carbonyl (C=O) groups excluding carboxylic acids is 1. The summed E-state index contributed by atoms with van der Waals surface area (Å²) in [5, 5.41) is 3.46. The lowest BCUT2D eigenvalue weighted by molar-refractivity contribution is -0.123. The minimum atomic E-state index is -0.397. The molecule has 0 saturated carbocycles. The van der Waals surface area contributed by atoms with Gasteiger partial charge in [-0.1, -0.05) is 54.6 Å². The zero-order chi connectivity index (χ0) is 25.3. The van der Waals surface area contributed by atoms with Gasteiger partial charge in [0, 0.05) is 17.6 Å². The predicted octanol–water partition coefficient (Wildman–Crippen LogP) is 4.85. The maximum absolute atomic E-state index is 13.8. The van der Waals surface area contributed by atoms with Gasteiger partial charge in [-0.05, 0) is 75.2 Å². The summed E-state index contributed by atoms with van der Waals surface area (Å²) in [6.07, 6.45) is 1.27. The minimum Gasteiger partial charge on any atom is -0.350 e. The summed E-state index contributed by atoms with van der Waals surface area (Å²) in [5.74, 6) is 0.263. The second-order valence-electron chi connectivity index (χ2n) is 10.6. The lowest BCUT2D eigenvalue weighted by atomic mass is 10.0. The van der Waals surface area contributed by atoms with E-state index in [1.807, 2.05) is 69.3 Å². The molecule has 0 radical (unpaired) electrons. The van der Waals surface area contributed by atoms with Crippen LogP contribution in [-0.2, 0) is 17.9 Å². The van der Waals surface area contributed by atoms with Crippen molar-refractivity contribution in [3.05, 3.63) is 88.7 Å². The molecule has 1 aromatic heterocycles. The van der Waals surface area contributed by atoms with Crippen LogP contribution in [0.25, 0.3) is 33.4 Å². The third-order valence-electron chi connectivity index (χ3n) is 6.42. The highest BCUT2D eigenvalue weighted by atomic mass is 16.2. The summed E-state index contributed by atoms with van der Waals surface area (Å²) in [4.78, 5) is 33.9. The molecule has 0 atom stereocenters. The van der Waals surface area contributed by atoms with E-state index in [2.05, 4.69) is 34.5 Å². The van der Waals surface area contributed by atoms with E-state index in [9.17, 15) is 9.59 Å². The Kier molecular flexibility index (Phi) is 6.46. The van der Waals surface area contributed by atoms with Gasteiger partial charge in [-0.2, -0.15) is 0 Å². The van der Waals surface area contributed by atoms with Crippen LogP contribution in [0.2, 0.25) is 0 Å². The maximum Gasteiger partial charge on any atom is 0.262 e. The number of nitrogens with one attached hydrogen (secondary N) is 1. The molecule has 6 nitrogen and oxygen atoms in total. The van der Waals surface area contributed by atoms with Crippen LogP contribution in [-0.4, -0.2) is 39.0 Å². The number of hydrogen-bond donors (Lipinski definition) is 1. The van der Waals surface area contributed by atoms with E-state index in [1.54, 1.807) is 0 Å². The first-order valence-electron chi connectivity index (χ1n) is 12.5. The fraction of sp³-hybridized carbons (Fsp3) is 0.300. The SMILES string of the molecule is CC(C)(C)NC(=O)Cn1c(-c2ccccc2)nc2ccc(-c3cccc(CN4CCC4)c3)cc2c1=O. The van der Waals surface area contributed by atoms with Crippen LogP contribution >= 0.6 is 0 Å². The average molecular weight is 481 g/mol. The number of carbonyl (C=O) groups is 1. The van der Waals surface area contributed by atoms with E-state index in [4.69, 9.17) is 4.98 Å². The van der Waals surface area contributed by atoms with Gasteiger partial charge >= 0.3 is 0 Å². The highest BCUT2D eigenvalue weighted by molar-refractivity contribution is 5.86. The number of amides is 1. The van der Waals surface area contributed by atoms with Crippen LogP contribution in [0.15, 0.2) is 77.6 Å². The number of rotatable bonds is 6. The lowest BCUT2D eigenvalue weighted by Gasteiger charge is -2.30. The molecular formula is C30H32N4O2. The minimum absolute atomic E-state index is 0.0984. The van der Waals surface area contributed by atoms with E-state index < -0.39 is 5.54 Å². The topological polar surface area (TPSA) is 67.2 Å². The van der Waals surface area contributed by atoms with Gasteiger partial charge in [0.2, 0.25) is 5.91 Å². The van der Waals surface area contributed by atoms with Crippen molar-refractivity contribution < 1.29 is 4.79 Å². The molecule has 1 fully saturated rings. The third kappa shape index (κ3) is 5.24. The van der Waals surface area contributed by atoms with Crippen molar-refractivity contribution in [2.24, 2.45) is 0 Å². The second-order valence-corrected chi connectivity index (χ2v) is 10.6. The van der Waals surface area contributed by atoms with Crippen molar-refractivity contribution in [2.45, 2.75) is 45.8 Å². The maximum atomic E-state index is 13.8. The predicted molar refractivity (Wildman–Crippen MR) is 145 cm³/mol. The Balaban J connectivity index is 1.58. The monoisotopic (exact) mass is 480 g/mol. The fourth-order valence-electron chi connectivity index (χ4n) is 4.60. The van der Waals surface area contributed by atoms with Gasteiger partial charge in [0.1, 0.15) is 12.4 Å². The van der Waals surface area contributed by atoms with Gasteiger partial charge < -0.3 is 5.32 Å². The van der Waals surface area contributed by atoms with Crippen LogP contribution in [0, 0.1) is 0 Å². The molecule has 36 heavy (non-hydrogen) atoms. The summed E-state index contributed by atoms with van der Waals surface area (Å²) in [6, 6.07) is 23.8. The van der Waals surface area contributed by atoms with Crippen LogP contribution in [0.3, 0.4) is 0 Å². The van der Waals surface area contributed by atoms with Gasteiger partial charge in [0.15, 0.2) is 0 Å². The highest BCUT2D eigenvalue weighted by Gasteiger charge is 2.19. The molecule has 0 spiro atoms. The largest absolute Gasteiger partial charge is 0.350 e. The number of hydrogen-bond acceptors (Lipinski definition) is 4. The number of benzene rings is 3. The average Bonchev–Trinajstić information content (AvgIpc) is 2.82. The third-order valence-corrected chi connectivity index (χ3v) is 6.42.